The van der Waals surface area contributed by atoms with Crippen LogP contribution < -0.4 is 0 Å². The number of rotatable bonds is 5. The van der Waals surface area contributed by atoms with Gasteiger partial charge in [0.2, 0.25) is 0 Å². The summed E-state index contributed by atoms with van der Waals surface area (Å²) in [7, 11) is 0. The normalized spacial score (nSPS) is 34.5. The van der Waals surface area contributed by atoms with Crippen LogP contribution in [-0.4, -0.2) is 28.9 Å². The van der Waals surface area contributed by atoms with E-state index in [0.29, 0.717) is 25.9 Å². The van der Waals surface area contributed by atoms with Crippen LogP contribution in [0, 0.1) is 5.92 Å². The van der Waals surface area contributed by atoms with Gasteiger partial charge in [-0.25, -0.2) is 4.79 Å². The highest BCUT2D eigenvalue weighted by Crippen LogP contribution is 2.43. The number of allylic oxidation sites excluding steroid dienone is 1. The van der Waals surface area contributed by atoms with E-state index >= 15 is 0 Å². The molecule has 2 bridgehead atoms. The Morgan fingerprint density at radius 3 is 2.86 bits per heavy atom. The number of carbonyl (C=O) groups excluding carboxylic acids is 1. The Morgan fingerprint density at radius 1 is 1.38 bits per heavy atom. The summed E-state index contributed by atoms with van der Waals surface area (Å²) < 4.78 is 11.3. The van der Waals surface area contributed by atoms with Gasteiger partial charge in [0.25, 0.3) is 0 Å². The molecule has 0 radical (unpaired) electrons. The molecule has 0 amide bonds. The van der Waals surface area contributed by atoms with Crippen molar-refractivity contribution in [2.45, 2.75) is 43.7 Å². The molecular weight excluding hydrogens is 268 g/mol. The molecule has 1 aromatic carbocycles. The fourth-order valence-corrected chi connectivity index (χ4v) is 3.35. The van der Waals surface area contributed by atoms with E-state index < -0.39 is 11.6 Å². The van der Waals surface area contributed by atoms with Gasteiger partial charge in [-0.1, -0.05) is 36.4 Å². The molecule has 112 valence electrons. The van der Waals surface area contributed by atoms with Crippen LogP contribution in [0.1, 0.15) is 24.8 Å². The van der Waals surface area contributed by atoms with Gasteiger partial charge >= 0.3 is 5.97 Å². The molecule has 0 unspecified atom stereocenters. The second-order valence-corrected chi connectivity index (χ2v) is 5.93. The Morgan fingerprint density at radius 2 is 2.14 bits per heavy atom. The Bertz CT molecular complexity index is 527. The first-order chi connectivity index (χ1) is 10.1. The summed E-state index contributed by atoms with van der Waals surface area (Å²) in [4.78, 5) is 11.8. The molecule has 4 atom stereocenters. The fourth-order valence-electron chi connectivity index (χ4n) is 3.35. The number of aliphatic hydroxyl groups is 1. The molecule has 1 N–H and O–H groups in total. The summed E-state index contributed by atoms with van der Waals surface area (Å²) in [5.41, 5.74) is -0.245. The highest BCUT2D eigenvalue weighted by atomic mass is 16.6. The third kappa shape index (κ3) is 2.74. The molecule has 1 aliphatic carbocycles. The molecule has 21 heavy (non-hydrogen) atoms. The van der Waals surface area contributed by atoms with Crippen molar-refractivity contribution in [1.29, 1.82) is 0 Å². The zero-order valence-corrected chi connectivity index (χ0v) is 11.9. The van der Waals surface area contributed by atoms with Crippen molar-refractivity contribution in [3.63, 3.8) is 0 Å². The number of esters is 1. The average Bonchev–Trinajstić information content (AvgIpc) is 2.71. The summed E-state index contributed by atoms with van der Waals surface area (Å²) >= 11 is 0. The molecule has 1 saturated carbocycles. The topological polar surface area (TPSA) is 55.8 Å². The van der Waals surface area contributed by atoms with E-state index in [0.717, 1.165) is 5.56 Å². The Hall–Kier alpha value is -1.65. The highest BCUT2D eigenvalue weighted by molar-refractivity contribution is 5.82. The third-order valence-corrected chi connectivity index (χ3v) is 4.36. The van der Waals surface area contributed by atoms with Gasteiger partial charge in [-0.2, -0.15) is 0 Å². The predicted molar refractivity (Wildman–Crippen MR) is 77.4 cm³/mol. The van der Waals surface area contributed by atoms with E-state index in [1.54, 1.807) is 0 Å². The number of benzene rings is 1. The lowest BCUT2D eigenvalue weighted by Gasteiger charge is -2.36. The molecule has 3 rings (SSSR count). The van der Waals surface area contributed by atoms with Crippen molar-refractivity contribution in [3.8, 4) is 0 Å². The smallest absolute Gasteiger partial charge is 0.338 e. The van der Waals surface area contributed by atoms with Crippen molar-refractivity contribution in [2.75, 3.05) is 0 Å². The molecule has 2 fully saturated rings. The van der Waals surface area contributed by atoms with Crippen LogP contribution in [0.3, 0.4) is 0 Å². The van der Waals surface area contributed by atoms with Crippen molar-refractivity contribution in [3.05, 3.63) is 48.6 Å². The van der Waals surface area contributed by atoms with E-state index in [9.17, 15) is 9.90 Å². The summed E-state index contributed by atoms with van der Waals surface area (Å²) in [5.74, 6) is -0.450. The Balaban J connectivity index is 1.72. The first kappa shape index (κ1) is 14.3. The van der Waals surface area contributed by atoms with Gasteiger partial charge in [0.1, 0.15) is 6.10 Å². The minimum absolute atomic E-state index is 0.0569. The number of hydrogen-bond donors (Lipinski definition) is 1. The molecule has 4 heteroatoms. The zero-order chi connectivity index (χ0) is 14.9. The van der Waals surface area contributed by atoms with E-state index in [1.807, 2.05) is 36.4 Å². The molecule has 1 aromatic rings. The van der Waals surface area contributed by atoms with Gasteiger partial charge in [-0.15, -0.1) is 6.58 Å². The van der Waals surface area contributed by atoms with E-state index in [2.05, 4.69) is 6.58 Å². The van der Waals surface area contributed by atoms with Crippen molar-refractivity contribution in [1.82, 2.24) is 0 Å². The number of fused-ring (bicyclic) bond motifs is 2. The SMILES string of the molecule is C=CC[C@H]1C[C@]2(O)C[C@@H](OC2=O)[C@@H]1OCc1ccccc1. The molecule has 1 saturated heterocycles. The Kier molecular flexibility index (Phi) is 3.83. The average molecular weight is 288 g/mol. The van der Waals surface area contributed by atoms with Gasteiger partial charge in [-0.05, 0) is 24.3 Å². The minimum Gasteiger partial charge on any atom is -0.457 e. The lowest BCUT2D eigenvalue weighted by Crippen LogP contribution is -2.46. The number of hydrogen-bond acceptors (Lipinski definition) is 4. The van der Waals surface area contributed by atoms with Crippen molar-refractivity contribution >= 4 is 5.97 Å². The summed E-state index contributed by atoms with van der Waals surface area (Å²) in [5, 5.41) is 10.3. The summed E-state index contributed by atoms with van der Waals surface area (Å²) in [6, 6.07) is 9.90. The van der Waals surface area contributed by atoms with Gasteiger partial charge in [0.05, 0.1) is 12.7 Å². The maximum Gasteiger partial charge on any atom is 0.338 e. The number of carbonyl (C=O) groups is 1. The van der Waals surface area contributed by atoms with Crippen molar-refractivity contribution < 1.29 is 19.4 Å². The van der Waals surface area contributed by atoms with Crippen molar-refractivity contribution in [2.24, 2.45) is 5.92 Å². The van der Waals surface area contributed by atoms with Crippen LogP contribution in [0.25, 0.3) is 0 Å². The molecule has 1 aliphatic heterocycles. The number of ether oxygens (including phenoxy) is 2. The lowest BCUT2D eigenvalue weighted by atomic mass is 9.75. The van der Waals surface area contributed by atoms with Crippen LogP contribution in [0.5, 0.6) is 0 Å². The molecule has 2 aliphatic rings. The standard InChI is InChI=1S/C17H20O4/c1-2-6-13-9-17(19)10-14(21-16(17)18)15(13)20-11-12-7-4-3-5-8-12/h2-5,7-8,13-15,19H,1,6,9-11H2/t13-,14+,15+,17-/m0/s1. The van der Waals surface area contributed by atoms with Gasteiger partial charge < -0.3 is 14.6 Å². The van der Waals surface area contributed by atoms with Crippen LogP contribution in [-0.2, 0) is 20.9 Å². The third-order valence-electron chi connectivity index (χ3n) is 4.36. The van der Waals surface area contributed by atoms with E-state index in [1.165, 1.54) is 0 Å². The molecule has 0 spiro atoms. The van der Waals surface area contributed by atoms with Gasteiger partial charge in [-0.3, -0.25) is 0 Å². The second-order valence-electron chi connectivity index (χ2n) is 5.93. The Labute approximate surface area is 124 Å². The zero-order valence-electron chi connectivity index (χ0n) is 11.9. The van der Waals surface area contributed by atoms with Crippen LogP contribution >= 0.6 is 0 Å². The van der Waals surface area contributed by atoms with E-state index in [-0.39, 0.29) is 18.1 Å². The lowest BCUT2D eigenvalue weighted by molar-refractivity contribution is -0.155. The van der Waals surface area contributed by atoms with Gasteiger partial charge in [0, 0.05) is 6.42 Å². The second kappa shape index (κ2) is 5.62. The summed E-state index contributed by atoms with van der Waals surface area (Å²) in [6.07, 6.45) is 2.68. The molecule has 0 aromatic heterocycles. The largest absolute Gasteiger partial charge is 0.457 e. The maximum atomic E-state index is 11.8. The summed E-state index contributed by atoms with van der Waals surface area (Å²) in [6.45, 7) is 4.23. The maximum absolute atomic E-state index is 11.8. The predicted octanol–water partition coefficient (Wildman–Crippen LogP) is 2.21. The fraction of sp³-hybridized carbons (Fsp3) is 0.471. The first-order valence-electron chi connectivity index (χ1n) is 7.32. The molecular formula is C17H20O4. The van der Waals surface area contributed by atoms with E-state index in [4.69, 9.17) is 9.47 Å². The monoisotopic (exact) mass is 288 g/mol. The minimum atomic E-state index is -1.33. The van der Waals surface area contributed by atoms with Gasteiger partial charge in [0.15, 0.2) is 5.60 Å². The van der Waals surface area contributed by atoms with Crippen LogP contribution in [0.2, 0.25) is 0 Å². The quantitative estimate of drug-likeness (QED) is 0.667. The van der Waals surface area contributed by atoms with Crippen LogP contribution in [0.4, 0.5) is 0 Å². The van der Waals surface area contributed by atoms with Crippen LogP contribution in [0.15, 0.2) is 43.0 Å². The molecule has 1 heterocycles. The highest BCUT2D eigenvalue weighted by Gasteiger charge is 2.57. The molecule has 4 nitrogen and oxygen atoms in total. The first-order valence-corrected chi connectivity index (χ1v) is 7.32.